The van der Waals surface area contributed by atoms with Gasteiger partial charge in [-0.3, -0.25) is 0 Å². The lowest BCUT2D eigenvalue weighted by atomic mass is 10.2. The number of carbonyl (C=O) groups excluding carboxylic acids is 1. The van der Waals surface area contributed by atoms with Crippen molar-refractivity contribution >= 4 is 17.4 Å². The maximum absolute atomic E-state index is 12.9. The molecule has 0 saturated heterocycles. The summed E-state index contributed by atoms with van der Waals surface area (Å²) < 4.78 is 12.9. The standard InChI is InChI=1S/C11H17FN4O/c1-16(2)11(17)15-6-5-14-10-7-8(12)3-4-9(10)13/h3-4,7,14H,5-6,13H2,1-2H3,(H,15,17). The number of halogens is 1. The van der Waals surface area contributed by atoms with Crippen LogP contribution in [0.1, 0.15) is 0 Å². The first-order chi connectivity index (χ1) is 8.00. The van der Waals surface area contributed by atoms with Crippen LogP contribution < -0.4 is 16.4 Å². The fraction of sp³-hybridized carbons (Fsp3) is 0.364. The minimum Gasteiger partial charge on any atom is -0.397 e. The highest BCUT2D eigenvalue weighted by atomic mass is 19.1. The largest absolute Gasteiger partial charge is 0.397 e. The molecule has 6 heteroatoms. The van der Waals surface area contributed by atoms with E-state index >= 15 is 0 Å². The van der Waals surface area contributed by atoms with Crippen molar-refractivity contribution in [2.45, 2.75) is 0 Å². The van der Waals surface area contributed by atoms with Crippen LogP contribution in [-0.2, 0) is 0 Å². The number of amides is 2. The summed E-state index contributed by atoms with van der Waals surface area (Å²) in [6.45, 7) is 0.917. The molecule has 1 aromatic carbocycles. The first kappa shape index (κ1) is 13.1. The van der Waals surface area contributed by atoms with Crippen molar-refractivity contribution in [1.29, 1.82) is 0 Å². The number of nitrogens with one attached hydrogen (secondary N) is 2. The molecule has 0 aliphatic heterocycles. The monoisotopic (exact) mass is 240 g/mol. The zero-order valence-corrected chi connectivity index (χ0v) is 9.96. The fourth-order valence-electron chi connectivity index (χ4n) is 1.21. The molecule has 0 aromatic heterocycles. The zero-order valence-electron chi connectivity index (χ0n) is 9.96. The normalized spacial score (nSPS) is 9.82. The summed E-state index contributed by atoms with van der Waals surface area (Å²) in [6.07, 6.45) is 0. The highest BCUT2D eigenvalue weighted by Crippen LogP contribution is 2.18. The average molecular weight is 240 g/mol. The van der Waals surface area contributed by atoms with Gasteiger partial charge in [0, 0.05) is 27.2 Å². The summed E-state index contributed by atoms with van der Waals surface area (Å²) in [5, 5.41) is 5.63. The van der Waals surface area contributed by atoms with E-state index in [1.54, 1.807) is 14.1 Å². The summed E-state index contributed by atoms with van der Waals surface area (Å²) in [7, 11) is 3.32. The Morgan fingerprint density at radius 2 is 2.12 bits per heavy atom. The van der Waals surface area contributed by atoms with Gasteiger partial charge in [-0.25, -0.2) is 9.18 Å². The number of hydrogen-bond acceptors (Lipinski definition) is 3. The number of carbonyl (C=O) groups is 1. The van der Waals surface area contributed by atoms with E-state index in [1.807, 2.05) is 0 Å². The van der Waals surface area contributed by atoms with E-state index in [2.05, 4.69) is 10.6 Å². The number of benzene rings is 1. The van der Waals surface area contributed by atoms with Crippen LogP contribution in [0.4, 0.5) is 20.6 Å². The predicted molar refractivity (Wildman–Crippen MR) is 66.4 cm³/mol. The van der Waals surface area contributed by atoms with Gasteiger partial charge in [0.2, 0.25) is 0 Å². The van der Waals surface area contributed by atoms with E-state index in [0.29, 0.717) is 24.5 Å². The maximum atomic E-state index is 12.9. The lowest BCUT2D eigenvalue weighted by molar-refractivity contribution is 0.218. The highest BCUT2D eigenvalue weighted by Gasteiger charge is 2.02. The quantitative estimate of drug-likeness (QED) is 0.545. The van der Waals surface area contributed by atoms with Gasteiger partial charge in [-0.15, -0.1) is 0 Å². The lowest BCUT2D eigenvalue weighted by Gasteiger charge is -2.13. The number of hydrogen-bond donors (Lipinski definition) is 3. The molecule has 0 heterocycles. The molecule has 5 nitrogen and oxygen atoms in total. The topological polar surface area (TPSA) is 70.4 Å². The SMILES string of the molecule is CN(C)C(=O)NCCNc1cc(F)ccc1N. The third kappa shape index (κ3) is 4.18. The number of nitrogens with two attached hydrogens (primary N) is 1. The molecule has 1 aromatic rings. The summed E-state index contributed by atoms with van der Waals surface area (Å²) in [5.74, 6) is -0.348. The molecule has 94 valence electrons. The van der Waals surface area contributed by atoms with Gasteiger partial charge >= 0.3 is 6.03 Å². The molecule has 0 unspecified atom stereocenters. The number of rotatable bonds is 4. The molecule has 0 atom stereocenters. The van der Waals surface area contributed by atoms with Crippen molar-refractivity contribution in [3.05, 3.63) is 24.0 Å². The molecule has 4 N–H and O–H groups in total. The Balaban J connectivity index is 2.36. The van der Waals surface area contributed by atoms with Crippen molar-refractivity contribution in [3.63, 3.8) is 0 Å². The van der Waals surface area contributed by atoms with E-state index in [9.17, 15) is 9.18 Å². The fourth-order valence-corrected chi connectivity index (χ4v) is 1.21. The highest BCUT2D eigenvalue weighted by molar-refractivity contribution is 5.73. The Bertz CT molecular complexity index is 395. The van der Waals surface area contributed by atoms with Crippen molar-refractivity contribution in [1.82, 2.24) is 10.2 Å². The second-order valence-electron chi connectivity index (χ2n) is 3.78. The molecule has 0 spiro atoms. The van der Waals surface area contributed by atoms with Crippen LogP contribution in [-0.4, -0.2) is 38.1 Å². The minimum atomic E-state index is -0.348. The van der Waals surface area contributed by atoms with Crippen LogP contribution in [0.3, 0.4) is 0 Å². The molecular formula is C11H17FN4O. The zero-order chi connectivity index (χ0) is 12.8. The Morgan fingerprint density at radius 3 is 2.76 bits per heavy atom. The Labute approximate surface area is 99.8 Å². The molecule has 0 saturated carbocycles. The second-order valence-corrected chi connectivity index (χ2v) is 3.78. The number of urea groups is 1. The van der Waals surface area contributed by atoms with Gasteiger partial charge in [-0.2, -0.15) is 0 Å². The first-order valence-corrected chi connectivity index (χ1v) is 5.24. The number of nitrogen functional groups attached to an aromatic ring is 1. The van der Waals surface area contributed by atoms with Gasteiger partial charge in [0.25, 0.3) is 0 Å². The molecule has 17 heavy (non-hydrogen) atoms. The number of anilines is 2. The first-order valence-electron chi connectivity index (χ1n) is 5.24. The second kappa shape index (κ2) is 5.93. The van der Waals surface area contributed by atoms with E-state index in [-0.39, 0.29) is 11.8 Å². The average Bonchev–Trinajstić information content (AvgIpc) is 2.28. The Kier molecular flexibility index (Phi) is 4.56. The van der Waals surface area contributed by atoms with Gasteiger partial charge in [-0.05, 0) is 18.2 Å². The van der Waals surface area contributed by atoms with Crippen molar-refractivity contribution in [2.75, 3.05) is 38.2 Å². The van der Waals surface area contributed by atoms with Gasteiger partial charge < -0.3 is 21.3 Å². The summed E-state index contributed by atoms with van der Waals surface area (Å²) in [4.78, 5) is 12.6. The molecule has 0 bridgehead atoms. The number of nitrogens with zero attached hydrogens (tertiary/aromatic N) is 1. The van der Waals surface area contributed by atoms with E-state index in [4.69, 9.17) is 5.73 Å². The Morgan fingerprint density at radius 1 is 1.41 bits per heavy atom. The van der Waals surface area contributed by atoms with Crippen LogP contribution in [0.2, 0.25) is 0 Å². The molecule has 0 aliphatic rings. The summed E-state index contributed by atoms with van der Waals surface area (Å²) >= 11 is 0. The Hall–Kier alpha value is -1.98. The third-order valence-electron chi connectivity index (χ3n) is 2.14. The van der Waals surface area contributed by atoms with Crippen LogP contribution in [0.25, 0.3) is 0 Å². The lowest BCUT2D eigenvalue weighted by Crippen LogP contribution is -2.37. The van der Waals surface area contributed by atoms with Crippen molar-refractivity contribution in [3.8, 4) is 0 Å². The van der Waals surface area contributed by atoms with E-state index in [1.165, 1.54) is 23.1 Å². The van der Waals surface area contributed by atoms with Gasteiger partial charge in [0.05, 0.1) is 11.4 Å². The molecule has 0 aliphatic carbocycles. The van der Waals surface area contributed by atoms with Crippen LogP contribution >= 0.6 is 0 Å². The van der Waals surface area contributed by atoms with Gasteiger partial charge in [-0.1, -0.05) is 0 Å². The summed E-state index contributed by atoms with van der Waals surface area (Å²) in [6, 6.07) is 3.95. The van der Waals surface area contributed by atoms with E-state index in [0.717, 1.165) is 0 Å². The van der Waals surface area contributed by atoms with Crippen molar-refractivity contribution in [2.24, 2.45) is 0 Å². The predicted octanol–water partition coefficient (Wildman–Crippen LogP) is 1.09. The summed E-state index contributed by atoms with van der Waals surface area (Å²) in [5.41, 5.74) is 6.66. The molecule has 1 rings (SSSR count). The smallest absolute Gasteiger partial charge is 0.316 e. The third-order valence-corrected chi connectivity index (χ3v) is 2.14. The minimum absolute atomic E-state index is 0.168. The van der Waals surface area contributed by atoms with Gasteiger partial charge in [0.1, 0.15) is 5.82 Å². The van der Waals surface area contributed by atoms with Crippen molar-refractivity contribution < 1.29 is 9.18 Å². The maximum Gasteiger partial charge on any atom is 0.316 e. The van der Waals surface area contributed by atoms with E-state index < -0.39 is 0 Å². The van der Waals surface area contributed by atoms with Gasteiger partial charge in [0.15, 0.2) is 0 Å². The molecule has 0 fully saturated rings. The van der Waals surface area contributed by atoms with Crippen LogP contribution in [0.15, 0.2) is 18.2 Å². The van der Waals surface area contributed by atoms with Crippen LogP contribution in [0.5, 0.6) is 0 Å². The molecular weight excluding hydrogens is 223 g/mol. The molecule has 2 amide bonds. The van der Waals surface area contributed by atoms with Crippen LogP contribution in [0, 0.1) is 5.82 Å². The molecule has 0 radical (unpaired) electrons.